The first kappa shape index (κ1) is 19.5. The van der Waals surface area contributed by atoms with Crippen molar-refractivity contribution in [1.82, 2.24) is 10.2 Å². The van der Waals surface area contributed by atoms with Crippen molar-refractivity contribution in [2.45, 2.75) is 50.3 Å². The fourth-order valence-electron chi connectivity index (χ4n) is 3.97. The van der Waals surface area contributed by atoms with E-state index in [-0.39, 0.29) is 30.4 Å². The van der Waals surface area contributed by atoms with Crippen molar-refractivity contribution in [1.29, 1.82) is 0 Å². The molecule has 1 aromatic carbocycles. The van der Waals surface area contributed by atoms with E-state index in [1.165, 1.54) is 6.07 Å². The monoisotopic (exact) mass is 383 g/mol. The molecule has 1 aliphatic heterocycles. The number of ether oxygens (including phenoxy) is 1. The molecule has 144 valence electrons. The van der Waals surface area contributed by atoms with Crippen LogP contribution in [0.25, 0.3) is 0 Å². The second-order valence-corrected chi connectivity index (χ2v) is 7.81. The summed E-state index contributed by atoms with van der Waals surface area (Å²) in [6.07, 6.45) is 3.36. The summed E-state index contributed by atoms with van der Waals surface area (Å²) in [5.41, 5.74) is 5.86. The van der Waals surface area contributed by atoms with Crippen LogP contribution < -0.4 is 11.1 Å². The largest absolute Gasteiger partial charge is 0.376 e. The average molecular weight is 384 g/mol. The van der Waals surface area contributed by atoms with E-state index >= 15 is 0 Å². The Bertz CT molecular complexity index is 631. The van der Waals surface area contributed by atoms with Crippen LogP contribution in [0.3, 0.4) is 0 Å². The van der Waals surface area contributed by atoms with E-state index < -0.39 is 5.54 Å². The van der Waals surface area contributed by atoms with Gasteiger partial charge in [-0.1, -0.05) is 30.5 Å². The molecule has 1 heterocycles. The second-order valence-electron chi connectivity index (χ2n) is 7.40. The zero-order valence-corrected chi connectivity index (χ0v) is 15.9. The van der Waals surface area contributed by atoms with E-state index in [4.69, 9.17) is 22.1 Å². The molecule has 2 fully saturated rings. The number of hydrogen-bond acceptors (Lipinski definition) is 4. The molecule has 1 amide bonds. The van der Waals surface area contributed by atoms with Gasteiger partial charge in [-0.05, 0) is 31.9 Å². The maximum Gasteiger partial charge on any atom is 0.240 e. The number of carbonyl (C=O) groups excluding carboxylic acids is 1. The first-order valence-corrected chi connectivity index (χ1v) is 9.65. The number of carbonyl (C=O) groups is 1. The third kappa shape index (κ3) is 4.19. The van der Waals surface area contributed by atoms with Crippen molar-refractivity contribution in [3.8, 4) is 0 Å². The number of morpholine rings is 1. The van der Waals surface area contributed by atoms with Crippen molar-refractivity contribution in [3.05, 3.63) is 34.6 Å². The van der Waals surface area contributed by atoms with Crippen LogP contribution in [0.15, 0.2) is 18.2 Å². The number of hydrogen-bond donors (Lipinski definition) is 2. The molecule has 1 aromatic rings. The third-order valence-electron chi connectivity index (χ3n) is 5.45. The van der Waals surface area contributed by atoms with Crippen molar-refractivity contribution in [2.75, 3.05) is 26.2 Å². The van der Waals surface area contributed by atoms with Gasteiger partial charge in [-0.2, -0.15) is 0 Å². The number of halogens is 2. The SMILES string of the molecule is CC1CN(C(CNC(=O)C2(N)CCCC2)c2c(F)cccc2Cl)CCO1. The molecule has 3 N–H and O–H groups in total. The van der Waals surface area contributed by atoms with Crippen LogP contribution in [0.1, 0.15) is 44.2 Å². The number of amides is 1. The van der Waals surface area contributed by atoms with Crippen LogP contribution >= 0.6 is 11.6 Å². The van der Waals surface area contributed by atoms with Crippen molar-refractivity contribution >= 4 is 17.5 Å². The molecule has 3 rings (SSSR count). The predicted octanol–water partition coefficient (Wildman–Crippen LogP) is 2.63. The zero-order chi connectivity index (χ0) is 18.7. The lowest BCUT2D eigenvalue weighted by Crippen LogP contribution is -2.54. The minimum Gasteiger partial charge on any atom is -0.376 e. The Morgan fingerprint density at radius 1 is 1.50 bits per heavy atom. The van der Waals surface area contributed by atoms with Crippen molar-refractivity contribution < 1.29 is 13.9 Å². The minimum absolute atomic E-state index is 0.0446. The molecule has 26 heavy (non-hydrogen) atoms. The van der Waals surface area contributed by atoms with Gasteiger partial charge in [0.25, 0.3) is 0 Å². The third-order valence-corrected chi connectivity index (χ3v) is 5.78. The molecular formula is C19H27ClFN3O2. The first-order valence-electron chi connectivity index (χ1n) is 9.27. The highest BCUT2D eigenvalue weighted by Gasteiger charge is 2.38. The van der Waals surface area contributed by atoms with Gasteiger partial charge in [-0.15, -0.1) is 0 Å². The number of nitrogens with two attached hydrogens (primary N) is 1. The van der Waals surface area contributed by atoms with E-state index in [1.54, 1.807) is 12.1 Å². The number of nitrogens with one attached hydrogen (secondary N) is 1. The molecule has 0 aromatic heterocycles. The topological polar surface area (TPSA) is 67.6 Å². The van der Waals surface area contributed by atoms with Gasteiger partial charge in [-0.3, -0.25) is 9.69 Å². The smallest absolute Gasteiger partial charge is 0.240 e. The zero-order valence-electron chi connectivity index (χ0n) is 15.1. The summed E-state index contributed by atoms with van der Waals surface area (Å²) in [5, 5.41) is 3.33. The van der Waals surface area contributed by atoms with Crippen LogP contribution in [-0.2, 0) is 9.53 Å². The van der Waals surface area contributed by atoms with Gasteiger partial charge in [0.1, 0.15) is 5.82 Å². The van der Waals surface area contributed by atoms with E-state index in [2.05, 4.69) is 10.2 Å². The van der Waals surface area contributed by atoms with Crippen LogP contribution in [0, 0.1) is 5.82 Å². The Kier molecular flexibility index (Phi) is 6.17. The highest BCUT2D eigenvalue weighted by atomic mass is 35.5. The molecule has 2 unspecified atom stereocenters. The molecule has 0 spiro atoms. The fraction of sp³-hybridized carbons (Fsp3) is 0.632. The Balaban J connectivity index is 1.80. The van der Waals surface area contributed by atoms with E-state index in [0.717, 1.165) is 12.8 Å². The summed E-state index contributed by atoms with van der Waals surface area (Å²) >= 11 is 6.31. The summed E-state index contributed by atoms with van der Waals surface area (Å²) in [4.78, 5) is 14.7. The lowest BCUT2D eigenvalue weighted by Gasteiger charge is -2.38. The maximum atomic E-state index is 14.6. The summed E-state index contributed by atoms with van der Waals surface area (Å²) < 4.78 is 20.2. The number of nitrogens with zero attached hydrogens (tertiary/aromatic N) is 1. The highest BCUT2D eigenvalue weighted by molar-refractivity contribution is 6.31. The fourth-order valence-corrected chi connectivity index (χ4v) is 4.26. The molecule has 0 bridgehead atoms. The van der Waals surface area contributed by atoms with Gasteiger partial charge in [-0.25, -0.2) is 4.39 Å². The van der Waals surface area contributed by atoms with E-state index in [1.807, 2.05) is 6.92 Å². The van der Waals surface area contributed by atoms with Crippen molar-refractivity contribution in [3.63, 3.8) is 0 Å². The molecule has 5 nitrogen and oxygen atoms in total. The summed E-state index contributed by atoms with van der Waals surface area (Å²) in [6, 6.07) is 4.32. The molecule has 1 aliphatic carbocycles. The minimum atomic E-state index is -0.804. The van der Waals surface area contributed by atoms with Gasteiger partial charge < -0.3 is 15.8 Å². The molecule has 1 saturated carbocycles. The quantitative estimate of drug-likeness (QED) is 0.820. The Labute approximate surface area is 159 Å². The molecule has 7 heteroatoms. The van der Waals surface area contributed by atoms with E-state index in [9.17, 15) is 9.18 Å². The number of benzene rings is 1. The standard InChI is InChI=1S/C19H27ClFN3O2/c1-13-12-24(9-10-26-13)16(17-14(20)5-4-6-15(17)21)11-23-18(25)19(22)7-2-3-8-19/h4-6,13,16H,2-3,7-12,22H2,1H3,(H,23,25). The first-order chi connectivity index (χ1) is 12.4. The lowest BCUT2D eigenvalue weighted by atomic mass is 9.97. The average Bonchev–Trinajstić information content (AvgIpc) is 3.05. The van der Waals surface area contributed by atoms with E-state index in [0.29, 0.717) is 43.1 Å². The molecular weight excluding hydrogens is 357 g/mol. The molecule has 1 saturated heterocycles. The Hall–Kier alpha value is -1.21. The van der Waals surface area contributed by atoms with Crippen LogP contribution in [0.2, 0.25) is 5.02 Å². The van der Waals surface area contributed by atoms with Gasteiger partial charge in [0.05, 0.1) is 24.3 Å². The maximum absolute atomic E-state index is 14.6. The second kappa shape index (κ2) is 8.21. The van der Waals surface area contributed by atoms with Gasteiger partial charge in [0, 0.05) is 30.2 Å². The summed E-state index contributed by atoms with van der Waals surface area (Å²) in [6.45, 7) is 4.13. The van der Waals surface area contributed by atoms with Gasteiger partial charge in [0.15, 0.2) is 0 Å². The molecule has 0 radical (unpaired) electrons. The van der Waals surface area contributed by atoms with Crippen LogP contribution in [-0.4, -0.2) is 48.7 Å². The van der Waals surface area contributed by atoms with Crippen molar-refractivity contribution in [2.24, 2.45) is 5.73 Å². The summed E-state index contributed by atoms with van der Waals surface area (Å²) in [5.74, 6) is -0.520. The normalized spacial score (nSPS) is 24.4. The molecule has 2 aliphatic rings. The predicted molar refractivity (Wildman–Crippen MR) is 99.5 cm³/mol. The number of rotatable bonds is 5. The lowest BCUT2D eigenvalue weighted by molar-refractivity contribution is -0.126. The van der Waals surface area contributed by atoms with Gasteiger partial charge >= 0.3 is 0 Å². The molecule has 2 atom stereocenters. The van der Waals surface area contributed by atoms with Crippen LogP contribution in [0.5, 0.6) is 0 Å². The van der Waals surface area contributed by atoms with Gasteiger partial charge in [0.2, 0.25) is 5.91 Å². The summed E-state index contributed by atoms with van der Waals surface area (Å²) in [7, 11) is 0. The Morgan fingerprint density at radius 3 is 2.88 bits per heavy atom. The Morgan fingerprint density at radius 2 is 2.23 bits per heavy atom. The highest BCUT2D eigenvalue weighted by Crippen LogP contribution is 2.32. The van der Waals surface area contributed by atoms with Crippen LogP contribution in [0.4, 0.5) is 4.39 Å².